The van der Waals surface area contributed by atoms with Gasteiger partial charge in [-0.1, -0.05) is 72.8 Å². The van der Waals surface area contributed by atoms with Gasteiger partial charge in [0, 0.05) is 16.6 Å². The van der Waals surface area contributed by atoms with Crippen LogP contribution in [0.5, 0.6) is 0 Å². The Hall–Kier alpha value is -3.33. The van der Waals surface area contributed by atoms with Gasteiger partial charge in [-0.25, -0.2) is 4.98 Å². The number of rotatable bonds is 6. The number of benzene rings is 3. The summed E-state index contributed by atoms with van der Waals surface area (Å²) in [6.45, 7) is 0. The summed E-state index contributed by atoms with van der Waals surface area (Å²) in [5.41, 5.74) is 19.4. The third-order valence-corrected chi connectivity index (χ3v) is 5.31. The Labute approximate surface area is 166 Å². The third-order valence-electron chi connectivity index (χ3n) is 5.31. The average molecular weight is 367 g/mol. The van der Waals surface area contributed by atoms with E-state index in [2.05, 4.69) is 59.6 Å². The molecule has 1 aromatic heterocycles. The molecular weight excluding hydrogens is 342 g/mol. The molecule has 4 N–H and O–H groups in total. The third kappa shape index (κ3) is 3.84. The first-order valence-electron chi connectivity index (χ1n) is 9.75. The summed E-state index contributed by atoms with van der Waals surface area (Å²) in [4.78, 5) is 4.66. The number of hydrogen-bond acceptors (Lipinski definition) is 3. The molecule has 140 valence electrons. The molecule has 0 saturated heterocycles. The molecule has 3 heteroatoms. The monoisotopic (exact) mass is 367 g/mol. The van der Waals surface area contributed by atoms with Gasteiger partial charge in [0.1, 0.15) is 5.82 Å². The van der Waals surface area contributed by atoms with Crippen LogP contribution in [0.4, 0.5) is 11.5 Å². The highest BCUT2D eigenvalue weighted by atomic mass is 14.9. The van der Waals surface area contributed by atoms with Gasteiger partial charge in [0.15, 0.2) is 0 Å². The first-order chi connectivity index (χ1) is 13.7. The molecule has 0 bridgehead atoms. The molecule has 0 unspecified atom stereocenters. The maximum atomic E-state index is 6.63. The lowest BCUT2D eigenvalue weighted by Gasteiger charge is -2.15. The molecule has 0 aliphatic rings. The maximum Gasteiger partial charge on any atom is 0.129 e. The van der Waals surface area contributed by atoms with Crippen LogP contribution in [-0.2, 0) is 25.7 Å². The molecule has 0 aliphatic heterocycles. The predicted octanol–water partition coefficient (Wildman–Crippen LogP) is 4.97. The Balaban J connectivity index is 1.65. The molecule has 0 aliphatic carbocycles. The van der Waals surface area contributed by atoms with Gasteiger partial charge in [0.05, 0.1) is 5.52 Å². The van der Waals surface area contributed by atoms with Crippen molar-refractivity contribution in [3.63, 3.8) is 0 Å². The average Bonchev–Trinajstić information content (AvgIpc) is 2.73. The summed E-state index contributed by atoms with van der Waals surface area (Å²) in [6.07, 6.45) is 3.59. The zero-order chi connectivity index (χ0) is 19.3. The van der Waals surface area contributed by atoms with E-state index in [9.17, 15) is 0 Å². The highest BCUT2D eigenvalue weighted by Gasteiger charge is 2.14. The Morgan fingerprint density at radius 3 is 1.86 bits per heavy atom. The highest BCUT2D eigenvalue weighted by Crippen LogP contribution is 2.31. The Bertz CT molecular complexity index is 1070. The lowest BCUT2D eigenvalue weighted by Crippen LogP contribution is -2.07. The fourth-order valence-corrected chi connectivity index (χ4v) is 3.79. The van der Waals surface area contributed by atoms with Crippen LogP contribution < -0.4 is 11.5 Å². The van der Waals surface area contributed by atoms with E-state index in [0.717, 1.165) is 47.8 Å². The molecule has 3 aromatic carbocycles. The van der Waals surface area contributed by atoms with Crippen LogP contribution in [0.15, 0.2) is 78.9 Å². The summed E-state index contributed by atoms with van der Waals surface area (Å²) in [5, 5.41) is 1.05. The molecule has 0 fully saturated rings. The van der Waals surface area contributed by atoms with Crippen molar-refractivity contribution in [2.75, 3.05) is 11.5 Å². The van der Waals surface area contributed by atoms with Crippen LogP contribution >= 0.6 is 0 Å². The standard InChI is InChI=1S/C25H25N3/c26-24-21(17-15-19-10-5-2-6-11-19)25(27)28-22-13-7-12-20(23(22)24)16-14-18-8-3-1-4-9-18/h1-13H,14-17H2,(H4,26,27,28). The van der Waals surface area contributed by atoms with Crippen molar-refractivity contribution in [3.05, 3.63) is 101 Å². The zero-order valence-corrected chi connectivity index (χ0v) is 15.9. The van der Waals surface area contributed by atoms with Crippen molar-refractivity contribution < 1.29 is 0 Å². The van der Waals surface area contributed by atoms with E-state index in [1.165, 1.54) is 16.7 Å². The molecular formula is C25H25N3. The van der Waals surface area contributed by atoms with E-state index in [-0.39, 0.29) is 0 Å². The molecule has 0 atom stereocenters. The van der Waals surface area contributed by atoms with Crippen molar-refractivity contribution in [1.29, 1.82) is 0 Å². The number of pyridine rings is 1. The number of nitrogen functional groups attached to an aromatic ring is 2. The van der Waals surface area contributed by atoms with Crippen molar-refractivity contribution in [2.45, 2.75) is 25.7 Å². The molecule has 28 heavy (non-hydrogen) atoms. The largest absolute Gasteiger partial charge is 0.398 e. The van der Waals surface area contributed by atoms with Crippen molar-refractivity contribution in [2.24, 2.45) is 0 Å². The fraction of sp³-hybridized carbons (Fsp3) is 0.160. The molecule has 0 radical (unpaired) electrons. The summed E-state index contributed by atoms with van der Waals surface area (Å²) in [5.74, 6) is 0.543. The number of anilines is 2. The van der Waals surface area contributed by atoms with Gasteiger partial charge in [-0.15, -0.1) is 0 Å². The highest BCUT2D eigenvalue weighted by molar-refractivity contribution is 5.96. The minimum atomic E-state index is 0.543. The summed E-state index contributed by atoms with van der Waals surface area (Å²) < 4.78 is 0. The second kappa shape index (κ2) is 8.13. The predicted molar refractivity (Wildman–Crippen MR) is 118 cm³/mol. The normalized spacial score (nSPS) is 11.0. The quantitative estimate of drug-likeness (QED) is 0.506. The molecule has 0 saturated carbocycles. The van der Waals surface area contributed by atoms with Crippen LogP contribution in [0.1, 0.15) is 22.3 Å². The molecule has 1 heterocycles. The van der Waals surface area contributed by atoms with Gasteiger partial charge < -0.3 is 11.5 Å². The number of aryl methyl sites for hydroxylation is 3. The minimum absolute atomic E-state index is 0.543. The Morgan fingerprint density at radius 1 is 0.607 bits per heavy atom. The Morgan fingerprint density at radius 2 is 1.21 bits per heavy atom. The lowest BCUT2D eigenvalue weighted by molar-refractivity contribution is 0.955. The minimum Gasteiger partial charge on any atom is -0.398 e. The summed E-state index contributed by atoms with van der Waals surface area (Å²) >= 11 is 0. The van der Waals surface area contributed by atoms with E-state index in [0.29, 0.717) is 5.82 Å². The Kier molecular flexibility index (Phi) is 5.24. The van der Waals surface area contributed by atoms with Crippen molar-refractivity contribution >= 4 is 22.4 Å². The van der Waals surface area contributed by atoms with E-state index in [1.807, 2.05) is 24.3 Å². The van der Waals surface area contributed by atoms with Crippen LogP contribution in [0.2, 0.25) is 0 Å². The van der Waals surface area contributed by atoms with Crippen LogP contribution in [0, 0.1) is 0 Å². The van der Waals surface area contributed by atoms with E-state index in [1.54, 1.807) is 0 Å². The van der Waals surface area contributed by atoms with Crippen molar-refractivity contribution in [3.8, 4) is 0 Å². The van der Waals surface area contributed by atoms with E-state index >= 15 is 0 Å². The fourth-order valence-electron chi connectivity index (χ4n) is 3.79. The summed E-state index contributed by atoms with van der Waals surface area (Å²) in [6, 6.07) is 27.1. The van der Waals surface area contributed by atoms with E-state index in [4.69, 9.17) is 11.5 Å². The smallest absolute Gasteiger partial charge is 0.129 e. The van der Waals surface area contributed by atoms with E-state index < -0.39 is 0 Å². The first kappa shape index (κ1) is 18.1. The molecule has 4 aromatic rings. The molecule has 0 spiro atoms. The second-order valence-electron chi connectivity index (χ2n) is 7.17. The lowest BCUT2D eigenvalue weighted by atomic mass is 9.96. The summed E-state index contributed by atoms with van der Waals surface area (Å²) in [7, 11) is 0. The maximum absolute atomic E-state index is 6.63. The zero-order valence-electron chi connectivity index (χ0n) is 15.9. The van der Waals surface area contributed by atoms with Gasteiger partial charge in [-0.3, -0.25) is 0 Å². The topological polar surface area (TPSA) is 64.9 Å². The van der Waals surface area contributed by atoms with Crippen LogP contribution in [0.3, 0.4) is 0 Å². The van der Waals surface area contributed by atoms with Gasteiger partial charge >= 0.3 is 0 Å². The van der Waals surface area contributed by atoms with Gasteiger partial charge in [0.2, 0.25) is 0 Å². The van der Waals surface area contributed by atoms with Gasteiger partial charge in [-0.2, -0.15) is 0 Å². The van der Waals surface area contributed by atoms with Crippen LogP contribution in [-0.4, -0.2) is 4.98 Å². The number of nitrogens with zero attached hydrogens (tertiary/aromatic N) is 1. The second-order valence-corrected chi connectivity index (χ2v) is 7.17. The molecule has 0 amide bonds. The number of nitrogens with two attached hydrogens (primary N) is 2. The number of aromatic nitrogens is 1. The van der Waals surface area contributed by atoms with Crippen molar-refractivity contribution in [1.82, 2.24) is 4.98 Å². The SMILES string of the molecule is Nc1nc2cccc(CCc3ccccc3)c2c(N)c1CCc1ccccc1. The van der Waals surface area contributed by atoms with Crippen LogP contribution in [0.25, 0.3) is 10.9 Å². The van der Waals surface area contributed by atoms with Gasteiger partial charge in [0.25, 0.3) is 0 Å². The molecule has 3 nitrogen and oxygen atoms in total. The molecule has 4 rings (SSSR count). The van der Waals surface area contributed by atoms with Gasteiger partial charge in [-0.05, 0) is 48.4 Å². The number of hydrogen-bond donors (Lipinski definition) is 2. The first-order valence-corrected chi connectivity index (χ1v) is 9.75. The number of fused-ring (bicyclic) bond motifs is 1.